The van der Waals surface area contributed by atoms with Crippen LogP contribution in [0.3, 0.4) is 0 Å². The van der Waals surface area contributed by atoms with Crippen LogP contribution < -0.4 is 4.74 Å². The first-order valence-electron chi connectivity index (χ1n) is 3.77. The zero-order valence-electron chi connectivity index (χ0n) is 7.25. The molecule has 6 heteroatoms. The summed E-state index contributed by atoms with van der Waals surface area (Å²) in [5, 5.41) is 0. The lowest BCUT2D eigenvalue weighted by Crippen LogP contribution is -2.18. The highest BCUT2D eigenvalue weighted by atomic mass is 19.4. The van der Waals surface area contributed by atoms with Crippen molar-refractivity contribution in [3.63, 3.8) is 0 Å². The number of carbonyl (C=O) groups excluding carboxylic acids is 2. The molecule has 3 nitrogen and oxygen atoms in total. The zero-order chi connectivity index (χ0) is 11.5. The number of ether oxygens (including phenoxy) is 1. The predicted molar refractivity (Wildman–Crippen MR) is 43.9 cm³/mol. The summed E-state index contributed by atoms with van der Waals surface area (Å²) in [6.07, 6.45) is -4.46. The summed E-state index contributed by atoms with van der Waals surface area (Å²) in [6.45, 7) is 0. The quantitative estimate of drug-likeness (QED) is 0.730. The van der Waals surface area contributed by atoms with Gasteiger partial charge in [-0.1, -0.05) is 12.1 Å². The fraction of sp³-hybridized carbons (Fsp3) is 0.111. The summed E-state index contributed by atoms with van der Waals surface area (Å²) in [5.41, 5.74) is -0.559. The summed E-state index contributed by atoms with van der Waals surface area (Å²) in [7, 11) is 0. The highest BCUT2D eigenvalue weighted by molar-refractivity contribution is 5.92. The van der Waals surface area contributed by atoms with Crippen LogP contribution in [0.4, 0.5) is 13.2 Å². The van der Waals surface area contributed by atoms with Gasteiger partial charge in [0.15, 0.2) is 12.6 Å². The summed E-state index contributed by atoms with van der Waals surface area (Å²) in [6, 6.07) is 3.38. The van der Waals surface area contributed by atoms with Gasteiger partial charge in [0, 0.05) is 5.56 Å². The van der Waals surface area contributed by atoms with Crippen LogP contribution in [0.1, 0.15) is 20.7 Å². The Labute approximate surface area is 82.5 Å². The largest absolute Gasteiger partial charge is 0.573 e. The Morgan fingerprint density at radius 1 is 1.13 bits per heavy atom. The molecule has 0 amide bonds. The molecule has 0 unspecified atom stereocenters. The second kappa shape index (κ2) is 4.12. The molecule has 0 aliphatic rings. The van der Waals surface area contributed by atoms with Crippen molar-refractivity contribution in [2.45, 2.75) is 6.36 Å². The molecule has 15 heavy (non-hydrogen) atoms. The Balaban J connectivity index is 3.17. The second-order valence-electron chi connectivity index (χ2n) is 2.54. The fourth-order valence-electron chi connectivity index (χ4n) is 1.00. The van der Waals surface area contributed by atoms with Crippen LogP contribution in [0.2, 0.25) is 0 Å². The molecule has 0 aliphatic heterocycles. The first-order valence-corrected chi connectivity index (χ1v) is 3.77. The predicted octanol–water partition coefficient (Wildman–Crippen LogP) is 2.21. The fourth-order valence-corrected chi connectivity index (χ4v) is 1.00. The third-order valence-corrected chi connectivity index (χ3v) is 1.57. The van der Waals surface area contributed by atoms with E-state index in [2.05, 4.69) is 4.74 Å². The molecule has 0 saturated carbocycles. The molecule has 1 aromatic rings. The first kappa shape index (κ1) is 11.2. The van der Waals surface area contributed by atoms with E-state index < -0.39 is 17.7 Å². The Kier molecular flexibility index (Phi) is 3.08. The number of rotatable bonds is 3. The average Bonchev–Trinajstić information content (AvgIpc) is 2.15. The molecule has 0 aliphatic carbocycles. The standard InChI is InChI=1S/C9H5F3O3/c10-9(11,12)15-8-3-1-2-6(4-13)7(8)5-14/h1-5H. The van der Waals surface area contributed by atoms with Gasteiger partial charge in [-0.3, -0.25) is 9.59 Å². The number of alkyl halides is 3. The number of hydrogen-bond donors (Lipinski definition) is 0. The lowest BCUT2D eigenvalue weighted by molar-refractivity contribution is -0.274. The van der Waals surface area contributed by atoms with Crippen LogP contribution in [0.15, 0.2) is 18.2 Å². The maximum atomic E-state index is 11.9. The van der Waals surface area contributed by atoms with Crippen molar-refractivity contribution in [1.82, 2.24) is 0 Å². The number of benzene rings is 1. The number of carbonyl (C=O) groups is 2. The van der Waals surface area contributed by atoms with Gasteiger partial charge < -0.3 is 4.74 Å². The van der Waals surface area contributed by atoms with Gasteiger partial charge in [-0.25, -0.2) is 0 Å². The van der Waals surface area contributed by atoms with Gasteiger partial charge >= 0.3 is 6.36 Å². The first-order chi connectivity index (χ1) is 6.98. The minimum absolute atomic E-state index is 0.144. The van der Waals surface area contributed by atoms with Crippen molar-refractivity contribution in [3.8, 4) is 5.75 Å². The van der Waals surface area contributed by atoms with E-state index in [4.69, 9.17) is 0 Å². The van der Waals surface area contributed by atoms with Crippen LogP contribution in [-0.4, -0.2) is 18.9 Å². The van der Waals surface area contributed by atoms with E-state index in [-0.39, 0.29) is 18.1 Å². The summed E-state index contributed by atoms with van der Waals surface area (Å²) >= 11 is 0. The van der Waals surface area contributed by atoms with Crippen molar-refractivity contribution in [1.29, 1.82) is 0 Å². The van der Waals surface area contributed by atoms with E-state index in [0.29, 0.717) is 0 Å². The van der Waals surface area contributed by atoms with Crippen LogP contribution in [0.25, 0.3) is 0 Å². The number of hydrogen-bond acceptors (Lipinski definition) is 3. The van der Waals surface area contributed by atoms with E-state index >= 15 is 0 Å². The molecule has 0 radical (unpaired) electrons. The molecule has 0 spiro atoms. The van der Waals surface area contributed by atoms with Crippen molar-refractivity contribution in [2.75, 3.05) is 0 Å². The Morgan fingerprint density at radius 2 is 1.80 bits per heavy atom. The third kappa shape index (κ3) is 2.80. The van der Waals surface area contributed by atoms with Crippen LogP contribution >= 0.6 is 0 Å². The van der Waals surface area contributed by atoms with E-state index in [1.54, 1.807) is 0 Å². The van der Waals surface area contributed by atoms with E-state index in [0.717, 1.165) is 6.07 Å². The smallest absolute Gasteiger partial charge is 0.405 e. The highest BCUT2D eigenvalue weighted by Crippen LogP contribution is 2.26. The van der Waals surface area contributed by atoms with Crippen molar-refractivity contribution < 1.29 is 27.5 Å². The van der Waals surface area contributed by atoms with E-state index in [9.17, 15) is 22.8 Å². The van der Waals surface area contributed by atoms with Crippen molar-refractivity contribution >= 4 is 12.6 Å². The molecule has 1 aromatic carbocycles. The highest BCUT2D eigenvalue weighted by Gasteiger charge is 2.32. The Bertz CT molecular complexity index is 385. The summed E-state index contributed by atoms with van der Waals surface area (Å²) < 4.78 is 39.2. The molecule has 0 aromatic heterocycles. The number of aldehydes is 2. The average molecular weight is 218 g/mol. The van der Waals surface area contributed by atoms with Crippen molar-refractivity contribution in [3.05, 3.63) is 29.3 Å². The molecule has 0 bridgehead atoms. The molecule has 0 saturated heterocycles. The van der Waals surface area contributed by atoms with Gasteiger partial charge in [0.1, 0.15) is 5.75 Å². The van der Waals surface area contributed by atoms with Crippen LogP contribution in [0.5, 0.6) is 5.75 Å². The van der Waals surface area contributed by atoms with Crippen molar-refractivity contribution in [2.24, 2.45) is 0 Å². The van der Waals surface area contributed by atoms with Gasteiger partial charge in [-0.15, -0.1) is 13.2 Å². The molecular weight excluding hydrogens is 213 g/mol. The van der Waals surface area contributed by atoms with Crippen LogP contribution in [0, 0.1) is 0 Å². The van der Waals surface area contributed by atoms with E-state index in [1.165, 1.54) is 12.1 Å². The van der Waals surface area contributed by atoms with E-state index in [1.807, 2.05) is 0 Å². The summed E-state index contributed by atoms with van der Waals surface area (Å²) in [4.78, 5) is 20.9. The molecule has 0 N–H and O–H groups in total. The molecule has 0 heterocycles. The SMILES string of the molecule is O=Cc1cccc(OC(F)(F)F)c1C=O. The topological polar surface area (TPSA) is 43.4 Å². The maximum Gasteiger partial charge on any atom is 0.573 e. The number of halogens is 3. The van der Waals surface area contributed by atoms with Gasteiger partial charge in [-0.2, -0.15) is 0 Å². The third-order valence-electron chi connectivity index (χ3n) is 1.57. The Morgan fingerprint density at radius 3 is 2.27 bits per heavy atom. The minimum Gasteiger partial charge on any atom is -0.405 e. The van der Waals surface area contributed by atoms with Gasteiger partial charge in [-0.05, 0) is 6.07 Å². The lowest BCUT2D eigenvalue weighted by atomic mass is 10.1. The molecular formula is C9H5F3O3. The monoisotopic (exact) mass is 218 g/mol. The van der Waals surface area contributed by atoms with Gasteiger partial charge in [0.05, 0.1) is 5.56 Å². The molecule has 0 atom stereocenters. The maximum absolute atomic E-state index is 11.9. The minimum atomic E-state index is -4.89. The normalized spacial score (nSPS) is 10.9. The Hall–Kier alpha value is -1.85. The molecule has 0 fully saturated rings. The zero-order valence-corrected chi connectivity index (χ0v) is 7.25. The van der Waals surface area contributed by atoms with Gasteiger partial charge in [0.2, 0.25) is 0 Å². The lowest BCUT2D eigenvalue weighted by Gasteiger charge is -2.11. The second-order valence-corrected chi connectivity index (χ2v) is 2.54. The van der Waals surface area contributed by atoms with Crippen LogP contribution in [-0.2, 0) is 0 Å². The molecule has 1 rings (SSSR count). The molecule has 80 valence electrons. The summed E-state index contributed by atoms with van der Waals surface area (Å²) in [5.74, 6) is -0.679. The van der Waals surface area contributed by atoms with Gasteiger partial charge in [0.25, 0.3) is 0 Å².